The van der Waals surface area contributed by atoms with E-state index in [1.54, 1.807) is 13.8 Å². The Hall–Kier alpha value is -3.07. The van der Waals surface area contributed by atoms with Crippen molar-refractivity contribution in [1.29, 1.82) is 0 Å². The molecule has 2 heterocycles. The molecule has 26 heavy (non-hydrogen) atoms. The number of nitrogens with one attached hydrogen (secondary N) is 1. The molecule has 1 aromatic carbocycles. The van der Waals surface area contributed by atoms with Crippen molar-refractivity contribution in [2.75, 3.05) is 5.32 Å². The molecule has 3 aromatic rings. The van der Waals surface area contributed by atoms with E-state index in [0.717, 1.165) is 11.3 Å². The number of nitro benzene ring substituents is 1. The summed E-state index contributed by atoms with van der Waals surface area (Å²) in [5.41, 5.74) is 1.44. The normalized spacial score (nSPS) is 10.9. The molecule has 0 aliphatic carbocycles. The van der Waals surface area contributed by atoms with Crippen molar-refractivity contribution in [2.45, 2.75) is 27.3 Å². The van der Waals surface area contributed by atoms with Gasteiger partial charge in [-0.05, 0) is 38.0 Å². The summed E-state index contributed by atoms with van der Waals surface area (Å²) in [7, 11) is 0. The summed E-state index contributed by atoms with van der Waals surface area (Å²) in [4.78, 5) is 40.6. The van der Waals surface area contributed by atoms with Gasteiger partial charge in [0.15, 0.2) is 0 Å². The molecule has 9 heteroatoms. The van der Waals surface area contributed by atoms with Crippen LogP contribution in [0.1, 0.15) is 27.7 Å². The molecule has 1 N–H and O–H groups in total. The molecule has 1 amide bonds. The van der Waals surface area contributed by atoms with E-state index in [9.17, 15) is 19.7 Å². The third kappa shape index (κ3) is 2.97. The molecule has 0 spiro atoms. The highest BCUT2D eigenvalue weighted by molar-refractivity contribution is 7.20. The molecular formula is C17H16N4O4S. The molecule has 0 bridgehead atoms. The minimum atomic E-state index is -0.487. The molecule has 0 atom stereocenters. The molecule has 0 saturated carbocycles. The lowest BCUT2D eigenvalue weighted by molar-refractivity contribution is -0.384. The van der Waals surface area contributed by atoms with Crippen LogP contribution in [0.5, 0.6) is 0 Å². The summed E-state index contributed by atoms with van der Waals surface area (Å²) in [5.74, 6) is -0.370. The number of non-ortho nitro benzene ring substituents is 1. The minimum absolute atomic E-state index is 0.0390. The Morgan fingerprint density at radius 2 is 2.12 bits per heavy atom. The van der Waals surface area contributed by atoms with Crippen LogP contribution in [0.15, 0.2) is 29.3 Å². The van der Waals surface area contributed by atoms with Crippen LogP contribution in [-0.4, -0.2) is 20.4 Å². The lowest BCUT2D eigenvalue weighted by atomic mass is 10.1. The predicted molar refractivity (Wildman–Crippen MR) is 100 cm³/mol. The fraction of sp³-hybridized carbons (Fsp3) is 0.235. The van der Waals surface area contributed by atoms with Gasteiger partial charge in [0.05, 0.1) is 21.5 Å². The van der Waals surface area contributed by atoms with Crippen molar-refractivity contribution in [3.63, 3.8) is 0 Å². The molecule has 0 aliphatic heterocycles. The molecule has 2 aromatic heterocycles. The van der Waals surface area contributed by atoms with E-state index >= 15 is 0 Å². The zero-order valence-electron chi connectivity index (χ0n) is 14.4. The van der Waals surface area contributed by atoms with Gasteiger partial charge < -0.3 is 5.32 Å². The van der Waals surface area contributed by atoms with Gasteiger partial charge in [-0.2, -0.15) is 0 Å². The van der Waals surface area contributed by atoms with Crippen LogP contribution < -0.4 is 10.9 Å². The number of thiophene rings is 1. The second kappa shape index (κ2) is 6.68. The molecule has 134 valence electrons. The van der Waals surface area contributed by atoms with Crippen molar-refractivity contribution >= 4 is 38.8 Å². The highest BCUT2D eigenvalue weighted by atomic mass is 32.1. The maximum Gasteiger partial charge on any atom is 0.269 e. The number of nitrogens with zero attached hydrogens (tertiary/aromatic N) is 3. The van der Waals surface area contributed by atoms with Crippen molar-refractivity contribution in [2.24, 2.45) is 0 Å². The van der Waals surface area contributed by atoms with Crippen LogP contribution in [0.4, 0.5) is 11.4 Å². The maximum absolute atomic E-state index is 12.7. The summed E-state index contributed by atoms with van der Waals surface area (Å²) in [6, 6.07) is 4.23. The first-order chi connectivity index (χ1) is 12.3. The van der Waals surface area contributed by atoms with E-state index in [2.05, 4.69) is 10.3 Å². The number of benzene rings is 1. The number of amides is 1. The Balaban J connectivity index is 1.98. The predicted octanol–water partition coefficient (Wildman–Crippen LogP) is 3.26. The number of hydrogen-bond donors (Lipinski definition) is 1. The van der Waals surface area contributed by atoms with E-state index in [4.69, 9.17) is 0 Å². The summed E-state index contributed by atoms with van der Waals surface area (Å²) in [6.45, 7) is 5.75. The third-order valence-electron chi connectivity index (χ3n) is 4.13. The van der Waals surface area contributed by atoms with Crippen molar-refractivity contribution in [3.8, 4) is 0 Å². The van der Waals surface area contributed by atoms with Crippen LogP contribution in [0.3, 0.4) is 0 Å². The van der Waals surface area contributed by atoms with Crippen LogP contribution in [0, 0.1) is 24.0 Å². The van der Waals surface area contributed by atoms with Crippen LogP contribution >= 0.6 is 11.3 Å². The number of carbonyl (C=O) groups is 1. The number of hydrogen-bond acceptors (Lipinski definition) is 6. The van der Waals surface area contributed by atoms with Gasteiger partial charge in [-0.15, -0.1) is 11.3 Å². The van der Waals surface area contributed by atoms with E-state index in [-0.39, 0.29) is 17.2 Å². The Kier molecular flexibility index (Phi) is 4.56. The lowest BCUT2D eigenvalue weighted by Crippen LogP contribution is -2.19. The van der Waals surface area contributed by atoms with Crippen LogP contribution in [0.2, 0.25) is 0 Å². The molecule has 0 radical (unpaired) electrons. The molecule has 8 nitrogen and oxygen atoms in total. The first-order valence-corrected chi connectivity index (χ1v) is 8.70. The molecule has 3 rings (SSSR count). The van der Waals surface area contributed by atoms with Crippen molar-refractivity contribution < 1.29 is 9.72 Å². The zero-order chi connectivity index (χ0) is 19.0. The van der Waals surface area contributed by atoms with Gasteiger partial charge in [0.2, 0.25) is 0 Å². The Bertz CT molecular complexity index is 1100. The van der Waals surface area contributed by atoms with Gasteiger partial charge in [-0.25, -0.2) is 4.98 Å². The van der Waals surface area contributed by atoms with Gasteiger partial charge in [-0.1, -0.05) is 0 Å². The number of aromatic nitrogens is 2. The van der Waals surface area contributed by atoms with Gasteiger partial charge in [0.25, 0.3) is 17.2 Å². The Morgan fingerprint density at radius 3 is 2.73 bits per heavy atom. The Morgan fingerprint density at radius 1 is 1.38 bits per heavy atom. The maximum atomic E-state index is 12.7. The van der Waals surface area contributed by atoms with E-state index in [1.807, 2.05) is 6.92 Å². The van der Waals surface area contributed by atoms with Crippen molar-refractivity contribution in [1.82, 2.24) is 9.55 Å². The quantitative estimate of drug-likeness (QED) is 0.559. The summed E-state index contributed by atoms with van der Waals surface area (Å²) < 4.78 is 1.49. The van der Waals surface area contributed by atoms with E-state index in [0.29, 0.717) is 38.5 Å². The topological polar surface area (TPSA) is 107 Å². The smallest absolute Gasteiger partial charge is 0.269 e. The van der Waals surface area contributed by atoms with Crippen LogP contribution in [-0.2, 0) is 6.54 Å². The number of fused-ring (bicyclic) bond motifs is 1. The second-order valence-electron chi connectivity index (χ2n) is 5.78. The Labute approximate surface area is 152 Å². The summed E-state index contributed by atoms with van der Waals surface area (Å²) in [6.07, 6.45) is 1.47. The minimum Gasteiger partial charge on any atom is -0.321 e. The monoisotopic (exact) mass is 372 g/mol. The summed E-state index contributed by atoms with van der Waals surface area (Å²) in [5, 5.41) is 14.0. The first kappa shape index (κ1) is 17.7. The number of aryl methyl sites for hydroxylation is 3. The zero-order valence-corrected chi connectivity index (χ0v) is 15.2. The first-order valence-electron chi connectivity index (χ1n) is 7.88. The fourth-order valence-corrected chi connectivity index (χ4v) is 3.72. The molecule has 0 fully saturated rings. The number of rotatable bonds is 4. The van der Waals surface area contributed by atoms with Crippen LogP contribution in [0.25, 0.3) is 10.2 Å². The number of carbonyl (C=O) groups excluding carboxylic acids is 1. The van der Waals surface area contributed by atoms with Gasteiger partial charge >= 0.3 is 0 Å². The number of nitro groups is 1. The second-order valence-corrected chi connectivity index (χ2v) is 6.78. The lowest BCUT2D eigenvalue weighted by Gasteiger charge is -2.07. The average molecular weight is 372 g/mol. The molecule has 0 saturated heterocycles. The SMILES string of the molecule is CCn1cnc2sc(C(=O)Nc3ccc([N+](=O)[O-])cc3C)c(C)c2c1=O. The standard InChI is InChI=1S/C17H16N4O4S/c1-4-20-8-18-16-13(17(20)23)10(3)14(26-16)15(22)19-12-6-5-11(21(24)25)7-9(12)2/h5-8H,4H2,1-3H3,(H,19,22). The van der Waals surface area contributed by atoms with E-state index in [1.165, 1.54) is 29.1 Å². The number of anilines is 1. The highest BCUT2D eigenvalue weighted by Crippen LogP contribution is 2.28. The van der Waals surface area contributed by atoms with Crippen molar-refractivity contribution in [3.05, 3.63) is 61.0 Å². The van der Waals surface area contributed by atoms with Gasteiger partial charge in [0, 0.05) is 24.4 Å². The van der Waals surface area contributed by atoms with E-state index < -0.39 is 4.92 Å². The highest BCUT2D eigenvalue weighted by Gasteiger charge is 2.20. The average Bonchev–Trinajstić information content (AvgIpc) is 2.94. The molecule has 0 aliphatic rings. The molecule has 0 unspecified atom stereocenters. The van der Waals surface area contributed by atoms with Gasteiger partial charge in [-0.3, -0.25) is 24.3 Å². The third-order valence-corrected chi connectivity index (χ3v) is 5.33. The van der Waals surface area contributed by atoms with Gasteiger partial charge in [0.1, 0.15) is 4.83 Å². The molecular weight excluding hydrogens is 356 g/mol. The largest absolute Gasteiger partial charge is 0.321 e. The fourth-order valence-electron chi connectivity index (χ4n) is 2.68. The summed E-state index contributed by atoms with van der Waals surface area (Å²) >= 11 is 1.15.